The summed E-state index contributed by atoms with van der Waals surface area (Å²) in [6.07, 6.45) is 7.87. The molecule has 1 saturated carbocycles. The molecule has 2 fully saturated rings. The number of pyridine rings is 2. The van der Waals surface area contributed by atoms with Gasteiger partial charge in [0.25, 0.3) is 5.56 Å². The van der Waals surface area contributed by atoms with Crippen LogP contribution in [0.3, 0.4) is 0 Å². The minimum absolute atomic E-state index is 0.180. The third-order valence-corrected chi connectivity index (χ3v) is 7.09. The van der Waals surface area contributed by atoms with Gasteiger partial charge in [-0.1, -0.05) is 0 Å². The molecule has 1 saturated heterocycles. The molecule has 4 aromatic heterocycles. The van der Waals surface area contributed by atoms with Crippen LogP contribution in [0.15, 0.2) is 47.7 Å². The number of imidazole rings is 1. The molecule has 4 aromatic rings. The van der Waals surface area contributed by atoms with Gasteiger partial charge in [-0.2, -0.15) is 0 Å². The van der Waals surface area contributed by atoms with Gasteiger partial charge in [0.2, 0.25) is 0 Å². The summed E-state index contributed by atoms with van der Waals surface area (Å²) < 4.78 is 17.8. The maximum Gasteiger partial charge on any atom is 0.258 e. The Bertz CT molecular complexity index is 1450. The lowest BCUT2D eigenvalue weighted by Gasteiger charge is -2.45. The number of anilines is 1. The topological polar surface area (TPSA) is 58.2 Å². The van der Waals surface area contributed by atoms with Crippen molar-refractivity contribution in [3.8, 4) is 11.3 Å². The molecule has 1 aliphatic heterocycles. The Morgan fingerprint density at radius 3 is 2.64 bits per heavy atom. The van der Waals surface area contributed by atoms with E-state index in [4.69, 9.17) is 0 Å². The second-order valence-corrected chi connectivity index (χ2v) is 9.72. The van der Waals surface area contributed by atoms with Crippen molar-refractivity contribution in [1.82, 2.24) is 23.7 Å². The number of fused-ring (bicyclic) bond motifs is 2. The lowest BCUT2D eigenvalue weighted by molar-refractivity contribution is 0.119. The van der Waals surface area contributed by atoms with Crippen LogP contribution < -0.4 is 10.5 Å². The Labute approximate surface area is 191 Å². The standard InChI is InChI=1S/C25H27FN6O/c1-16(2)32-9-8-29(15-25(32)6-7-25)19-4-5-22-28-21(11-23(33)31(22)14-19)18-10-20(26)24-27-17(3)12-30(24)13-18/h4-5,10-14,16H,6-9,15H2,1-3H3. The van der Waals surface area contributed by atoms with Gasteiger partial charge in [0.05, 0.1) is 17.1 Å². The van der Waals surface area contributed by atoms with Crippen molar-refractivity contribution >= 4 is 17.0 Å². The number of halogens is 1. The first kappa shape index (κ1) is 20.4. The molecule has 5 heterocycles. The number of piperazine rings is 1. The van der Waals surface area contributed by atoms with Crippen LogP contribution >= 0.6 is 0 Å². The molecule has 0 aromatic carbocycles. The van der Waals surface area contributed by atoms with Crippen LogP contribution in [0.4, 0.5) is 10.1 Å². The molecule has 0 amide bonds. The summed E-state index contributed by atoms with van der Waals surface area (Å²) in [6, 6.07) is 7.32. The number of nitrogens with zero attached hydrogens (tertiary/aromatic N) is 6. The van der Waals surface area contributed by atoms with Gasteiger partial charge in [-0.15, -0.1) is 0 Å². The van der Waals surface area contributed by atoms with Crippen LogP contribution in [0.25, 0.3) is 22.6 Å². The molecule has 1 aliphatic carbocycles. The third-order valence-electron chi connectivity index (χ3n) is 7.09. The largest absolute Gasteiger partial charge is 0.367 e. The molecule has 7 nitrogen and oxygen atoms in total. The van der Waals surface area contributed by atoms with E-state index in [-0.39, 0.29) is 16.7 Å². The molecular weight excluding hydrogens is 419 g/mol. The van der Waals surface area contributed by atoms with Crippen molar-refractivity contribution in [3.05, 3.63) is 64.7 Å². The number of hydrogen-bond donors (Lipinski definition) is 0. The molecule has 0 unspecified atom stereocenters. The van der Waals surface area contributed by atoms with E-state index in [2.05, 4.69) is 33.6 Å². The molecule has 0 bridgehead atoms. The maximum absolute atomic E-state index is 14.6. The normalized spacial score (nSPS) is 18.2. The summed E-state index contributed by atoms with van der Waals surface area (Å²) in [5.41, 5.74) is 3.67. The summed E-state index contributed by atoms with van der Waals surface area (Å²) in [4.78, 5) is 26.9. The quantitative estimate of drug-likeness (QED) is 0.482. The summed E-state index contributed by atoms with van der Waals surface area (Å²) in [7, 11) is 0. The van der Waals surface area contributed by atoms with Crippen LogP contribution in [-0.2, 0) is 0 Å². The fourth-order valence-corrected chi connectivity index (χ4v) is 5.35. The van der Waals surface area contributed by atoms with Crippen molar-refractivity contribution in [1.29, 1.82) is 0 Å². The van der Waals surface area contributed by atoms with Gasteiger partial charge in [0.1, 0.15) is 5.65 Å². The molecule has 33 heavy (non-hydrogen) atoms. The van der Waals surface area contributed by atoms with Gasteiger partial charge in [-0.05, 0) is 51.8 Å². The molecule has 0 N–H and O–H groups in total. The highest BCUT2D eigenvalue weighted by molar-refractivity contribution is 5.64. The highest BCUT2D eigenvalue weighted by atomic mass is 19.1. The van der Waals surface area contributed by atoms with Crippen molar-refractivity contribution < 1.29 is 4.39 Å². The van der Waals surface area contributed by atoms with Gasteiger partial charge in [-0.3, -0.25) is 14.1 Å². The summed E-state index contributed by atoms with van der Waals surface area (Å²) in [6.45, 7) is 9.32. The first-order chi connectivity index (χ1) is 15.8. The van der Waals surface area contributed by atoms with Crippen LogP contribution in [0, 0.1) is 12.7 Å². The van der Waals surface area contributed by atoms with Crippen molar-refractivity contribution in [3.63, 3.8) is 0 Å². The van der Waals surface area contributed by atoms with E-state index in [0.29, 0.717) is 22.9 Å². The van der Waals surface area contributed by atoms with Crippen LogP contribution in [0.2, 0.25) is 0 Å². The van der Waals surface area contributed by atoms with Crippen LogP contribution in [0.1, 0.15) is 32.4 Å². The zero-order valence-corrected chi connectivity index (χ0v) is 19.1. The maximum atomic E-state index is 14.6. The predicted octanol–water partition coefficient (Wildman–Crippen LogP) is 3.52. The highest BCUT2D eigenvalue weighted by Gasteiger charge is 2.51. The summed E-state index contributed by atoms with van der Waals surface area (Å²) in [5.74, 6) is -0.438. The molecule has 1 spiro atoms. The molecule has 6 rings (SSSR count). The molecule has 2 aliphatic rings. The zero-order valence-electron chi connectivity index (χ0n) is 19.1. The van der Waals surface area contributed by atoms with Gasteiger partial charge in [0.15, 0.2) is 11.5 Å². The molecule has 0 radical (unpaired) electrons. The number of aryl methyl sites for hydroxylation is 1. The summed E-state index contributed by atoms with van der Waals surface area (Å²) in [5, 5.41) is 0. The predicted molar refractivity (Wildman–Crippen MR) is 126 cm³/mol. The Balaban J connectivity index is 1.35. The molecular formula is C25H27FN6O. The SMILES string of the molecule is Cc1cn2cc(-c3cc(=O)n4cc(N5CCN(C(C)C)C6(CC6)C5)ccc4n3)cc(F)c2n1. The van der Waals surface area contributed by atoms with E-state index in [1.807, 2.05) is 25.3 Å². The molecule has 8 heteroatoms. The Hall–Kier alpha value is -3.26. The van der Waals surface area contributed by atoms with Crippen LogP contribution in [-0.4, -0.2) is 54.9 Å². The fourth-order valence-electron chi connectivity index (χ4n) is 5.35. The van der Waals surface area contributed by atoms with Crippen molar-refractivity contribution in [2.24, 2.45) is 0 Å². The van der Waals surface area contributed by atoms with Gasteiger partial charge < -0.3 is 9.30 Å². The monoisotopic (exact) mass is 446 g/mol. The number of hydrogen-bond acceptors (Lipinski definition) is 5. The Kier molecular flexibility index (Phi) is 4.39. The van der Waals surface area contributed by atoms with Gasteiger partial charge >= 0.3 is 0 Å². The van der Waals surface area contributed by atoms with E-state index < -0.39 is 5.82 Å². The van der Waals surface area contributed by atoms with E-state index in [1.54, 1.807) is 21.2 Å². The van der Waals surface area contributed by atoms with E-state index >= 15 is 0 Å². The van der Waals surface area contributed by atoms with E-state index in [0.717, 1.165) is 31.0 Å². The van der Waals surface area contributed by atoms with Crippen molar-refractivity contribution in [2.75, 3.05) is 24.5 Å². The Morgan fingerprint density at radius 1 is 1.06 bits per heavy atom. The average Bonchev–Trinajstić information content (AvgIpc) is 3.42. The Morgan fingerprint density at radius 2 is 1.88 bits per heavy atom. The summed E-state index contributed by atoms with van der Waals surface area (Å²) >= 11 is 0. The fraction of sp³-hybridized carbons (Fsp3) is 0.400. The third kappa shape index (κ3) is 3.31. The number of rotatable bonds is 3. The van der Waals surface area contributed by atoms with Crippen molar-refractivity contribution in [2.45, 2.75) is 45.2 Å². The highest BCUT2D eigenvalue weighted by Crippen LogP contribution is 2.46. The lowest BCUT2D eigenvalue weighted by Crippen LogP contribution is -2.57. The smallest absolute Gasteiger partial charge is 0.258 e. The van der Waals surface area contributed by atoms with E-state index in [1.165, 1.54) is 25.0 Å². The average molecular weight is 447 g/mol. The second-order valence-electron chi connectivity index (χ2n) is 9.72. The van der Waals surface area contributed by atoms with Crippen LogP contribution in [0.5, 0.6) is 0 Å². The molecule has 0 atom stereocenters. The minimum Gasteiger partial charge on any atom is -0.367 e. The number of aromatic nitrogens is 4. The molecule has 170 valence electrons. The van der Waals surface area contributed by atoms with Gasteiger partial charge in [0, 0.05) is 61.4 Å². The lowest BCUT2D eigenvalue weighted by atomic mass is 10.1. The van der Waals surface area contributed by atoms with E-state index in [9.17, 15) is 9.18 Å². The minimum atomic E-state index is -0.438. The first-order valence-electron chi connectivity index (χ1n) is 11.5. The zero-order chi connectivity index (χ0) is 22.9. The second kappa shape index (κ2) is 7.12. The first-order valence-corrected chi connectivity index (χ1v) is 11.5. The van der Waals surface area contributed by atoms with Gasteiger partial charge in [-0.25, -0.2) is 14.4 Å².